The molecule has 0 aliphatic rings. The van der Waals surface area contributed by atoms with Crippen LogP contribution >= 0.6 is 23.2 Å². The van der Waals surface area contributed by atoms with Gasteiger partial charge in [-0.2, -0.15) is 0 Å². The zero-order valence-electron chi connectivity index (χ0n) is 10.5. The zero-order valence-corrected chi connectivity index (χ0v) is 12.0. The summed E-state index contributed by atoms with van der Waals surface area (Å²) in [4.78, 5) is 14.2. The zero-order chi connectivity index (χ0) is 15.6. The summed E-state index contributed by atoms with van der Waals surface area (Å²) in [5.41, 5.74) is 6.32. The minimum absolute atomic E-state index is 0.0796. The molecule has 0 saturated heterocycles. The summed E-state index contributed by atoms with van der Waals surface area (Å²) in [6.45, 7) is 0. The van der Waals surface area contributed by atoms with Gasteiger partial charge in [-0.3, -0.25) is 15.1 Å². The number of anilines is 1. The first-order valence-corrected chi connectivity index (χ1v) is 6.40. The number of rotatable bonds is 3. The van der Waals surface area contributed by atoms with Gasteiger partial charge in [-0.15, -0.1) is 0 Å². The third-order valence-electron chi connectivity index (χ3n) is 2.63. The van der Waals surface area contributed by atoms with Gasteiger partial charge < -0.3 is 10.8 Å². The van der Waals surface area contributed by atoms with Crippen molar-refractivity contribution in [1.82, 2.24) is 0 Å². The van der Waals surface area contributed by atoms with Crippen molar-refractivity contribution in [2.75, 3.05) is 5.73 Å². The SMILES string of the molecule is Nc1ccc([N+](=O)[O-])cc1N=Cc1cc(Cl)cc(Cl)c1O. The highest BCUT2D eigenvalue weighted by molar-refractivity contribution is 6.36. The molecule has 0 unspecified atom stereocenters. The van der Waals surface area contributed by atoms with Crippen LogP contribution in [0.1, 0.15) is 5.56 Å². The molecule has 2 rings (SSSR count). The molecule has 0 spiro atoms. The molecular formula is C13H9Cl2N3O3. The van der Waals surface area contributed by atoms with Gasteiger partial charge in [-0.1, -0.05) is 23.2 Å². The summed E-state index contributed by atoms with van der Waals surface area (Å²) in [6.07, 6.45) is 1.28. The molecule has 0 aliphatic heterocycles. The van der Waals surface area contributed by atoms with E-state index in [2.05, 4.69) is 4.99 Å². The minimum Gasteiger partial charge on any atom is -0.506 e. The number of hydrogen-bond acceptors (Lipinski definition) is 5. The summed E-state index contributed by atoms with van der Waals surface area (Å²) in [6, 6.07) is 6.74. The second kappa shape index (κ2) is 5.99. The second-order valence-electron chi connectivity index (χ2n) is 4.08. The lowest BCUT2D eigenvalue weighted by molar-refractivity contribution is -0.384. The number of nitrogens with two attached hydrogens (primary N) is 1. The average Bonchev–Trinajstić information content (AvgIpc) is 2.42. The number of phenols is 1. The van der Waals surface area contributed by atoms with Crippen LogP contribution in [0.4, 0.5) is 17.1 Å². The molecule has 2 aromatic rings. The molecule has 0 fully saturated rings. The fraction of sp³-hybridized carbons (Fsp3) is 0. The Bertz CT molecular complexity index is 748. The first-order valence-electron chi connectivity index (χ1n) is 5.64. The Kier molecular flexibility index (Phi) is 4.30. The van der Waals surface area contributed by atoms with Crippen LogP contribution in [0.2, 0.25) is 10.0 Å². The molecule has 0 radical (unpaired) electrons. The largest absolute Gasteiger partial charge is 0.506 e. The van der Waals surface area contributed by atoms with Crippen molar-refractivity contribution >= 4 is 46.5 Å². The molecule has 0 saturated carbocycles. The van der Waals surface area contributed by atoms with Gasteiger partial charge in [0.05, 0.1) is 21.3 Å². The normalized spacial score (nSPS) is 11.0. The van der Waals surface area contributed by atoms with E-state index in [-0.39, 0.29) is 33.4 Å². The predicted octanol–water partition coefficient (Wildman–Crippen LogP) is 3.94. The standard InChI is InChI=1S/C13H9Cl2N3O3/c14-8-3-7(13(19)10(15)4-8)6-17-12-5-9(18(20)21)1-2-11(12)16/h1-6,19H,16H2. The average molecular weight is 326 g/mol. The van der Waals surface area contributed by atoms with Crippen LogP contribution in [-0.4, -0.2) is 16.2 Å². The predicted molar refractivity (Wildman–Crippen MR) is 82.9 cm³/mol. The molecule has 21 heavy (non-hydrogen) atoms. The highest BCUT2D eigenvalue weighted by Crippen LogP contribution is 2.31. The Morgan fingerprint density at radius 3 is 2.67 bits per heavy atom. The van der Waals surface area contributed by atoms with Crippen LogP contribution in [0.5, 0.6) is 5.75 Å². The molecule has 0 atom stereocenters. The van der Waals surface area contributed by atoms with Crippen molar-refractivity contribution in [1.29, 1.82) is 0 Å². The number of nitrogen functional groups attached to an aromatic ring is 1. The molecule has 0 amide bonds. The molecule has 0 bridgehead atoms. The number of halogens is 2. The summed E-state index contributed by atoms with van der Waals surface area (Å²) in [7, 11) is 0. The van der Waals surface area contributed by atoms with E-state index in [4.69, 9.17) is 28.9 Å². The van der Waals surface area contributed by atoms with E-state index < -0.39 is 4.92 Å². The van der Waals surface area contributed by atoms with Crippen LogP contribution in [0.25, 0.3) is 0 Å². The fourth-order valence-electron chi connectivity index (χ4n) is 1.58. The minimum atomic E-state index is -0.549. The van der Waals surface area contributed by atoms with Crippen molar-refractivity contribution in [3.63, 3.8) is 0 Å². The van der Waals surface area contributed by atoms with Gasteiger partial charge in [0.1, 0.15) is 5.75 Å². The topological polar surface area (TPSA) is 102 Å². The number of nitrogens with zero attached hydrogens (tertiary/aromatic N) is 2. The Hall–Kier alpha value is -2.31. The summed E-state index contributed by atoms with van der Waals surface area (Å²) in [5, 5.41) is 20.9. The lowest BCUT2D eigenvalue weighted by Gasteiger charge is -2.03. The third kappa shape index (κ3) is 3.42. The van der Waals surface area contributed by atoms with Crippen molar-refractivity contribution in [2.24, 2.45) is 4.99 Å². The van der Waals surface area contributed by atoms with E-state index in [0.717, 1.165) is 0 Å². The second-order valence-corrected chi connectivity index (χ2v) is 4.93. The Morgan fingerprint density at radius 1 is 1.29 bits per heavy atom. The molecule has 0 aromatic heterocycles. The Labute approximate surface area is 129 Å². The first kappa shape index (κ1) is 15.1. The maximum absolute atomic E-state index is 10.7. The van der Waals surface area contributed by atoms with Crippen molar-refractivity contribution < 1.29 is 10.0 Å². The van der Waals surface area contributed by atoms with Gasteiger partial charge in [-0.25, -0.2) is 0 Å². The van der Waals surface area contributed by atoms with E-state index in [9.17, 15) is 15.2 Å². The number of aliphatic imine (C=N–C) groups is 1. The maximum atomic E-state index is 10.7. The number of aromatic hydroxyl groups is 1. The highest BCUT2D eigenvalue weighted by Gasteiger charge is 2.09. The summed E-state index contributed by atoms with van der Waals surface area (Å²) < 4.78 is 0. The van der Waals surface area contributed by atoms with Crippen molar-refractivity contribution in [2.45, 2.75) is 0 Å². The van der Waals surface area contributed by atoms with Gasteiger partial charge >= 0.3 is 0 Å². The number of benzene rings is 2. The van der Waals surface area contributed by atoms with Gasteiger partial charge in [0.15, 0.2) is 0 Å². The van der Waals surface area contributed by atoms with Crippen LogP contribution in [-0.2, 0) is 0 Å². The van der Waals surface area contributed by atoms with Gasteiger partial charge in [0.25, 0.3) is 5.69 Å². The van der Waals surface area contributed by atoms with Crippen LogP contribution < -0.4 is 5.73 Å². The molecule has 3 N–H and O–H groups in total. The molecule has 2 aromatic carbocycles. The van der Waals surface area contributed by atoms with Gasteiger partial charge in [-0.05, 0) is 18.2 Å². The molecular weight excluding hydrogens is 317 g/mol. The van der Waals surface area contributed by atoms with E-state index in [0.29, 0.717) is 5.02 Å². The van der Waals surface area contributed by atoms with Crippen LogP contribution in [0.3, 0.4) is 0 Å². The lowest BCUT2D eigenvalue weighted by Crippen LogP contribution is -1.91. The lowest BCUT2D eigenvalue weighted by atomic mass is 10.2. The third-order valence-corrected chi connectivity index (χ3v) is 3.13. The molecule has 0 aliphatic carbocycles. The van der Waals surface area contributed by atoms with Crippen molar-refractivity contribution in [3.8, 4) is 5.75 Å². The van der Waals surface area contributed by atoms with Crippen LogP contribution in [0.15, 0.2) is 35.3 Å². The molecule has 8 heteroatoms. The summed E-state index contributed by atoms with van der Waals surface area (Å²) >= 11 is 11.6. The molecule has 108 valence electrons. The summed E-state index contributed by atoms with van der Waals surface area (Å²) in [5.74, 6) is -0.186. The smallest absolute Gasteiger partial charge is 0.271 e. The van der Waals surface area contributed by atoms with Crippen LogP contribution in [0, 0.1) is 10.1 Å². The Balaban J connectivity index is 2.42. The van der Waals surface area contributed by atoms with E-state index >= 15 is 0 Å². The number of hydrogen-bond donors (Lipinski definition) is 2. The fourth-order valence-corrected chi connectivity index (χ4v) is 2.09. The van der Waals surface area contributed by atoms with Crippen molar-refractivity contribution in [3.05, 3.63) is 56.1 Å². The Morgan fingerprint density at radius 2 is 2.00 bits per heavy atom. The van der Waals surface area contributed by atoms with Gasteiger partial charge in [0, 0.05) is 28.9 Å². The maximum Gasteiger partial charge on any atom is 0.271 e. The van der Waals surface area contributed by atoms with Gasteiger partial charge in [0.2, 0.25) is 0 Å². The molecule has 6 nitrogen and oxygen atoms in total. The first-order chi connectivity index (χ1) is 9.88. The number of phenolic OH excluding ortho intramolecular Hbond substituents is 1. The number of non-ortho nitro benzene ring substituents is 1. The quantitative estimate of drug-likeness (QED) is 0.386. The highest BCUT2D eigenvalue weighted by atomic mass is 35.5. The number of nitro benzene ring substituents is 1. The van der Waals surface area contributed by atoms with E-state index in [1.165, 1.54) is 36.5 Å². The monoisotopic (exact) mass is 325 g/mol. The van der Waals surface area contributed by atoms with E-state index in [1.807, 2.05) is 0 Å². The molecule has 0 heterocycles. The van der Waals surface area contributed by atoms with E-state index in [1.54, 1.807) is 0 Å². The number of nitro groups is 1.